The van der Waals surface area contributed by atoms with Crippen LogP contribution in [0.4, 0.5) is 10.7 Å². The highest BCUT2D eigenvalue weighted by molar-refractivity contribution is 9.10. The van der Waals surface area contributed by atoms with Crippen molar-refractivity contribution in [2.24, 2.45) is 0 Å². The Morgan fingerprint density at radius 2 is 1.93 bits per heavy atom. The number of nitrogens with zero attached hydrogens (tertiary/aromatic N) is 2. The summed E-state index contributed by atoms with van der Waals surface area (Å²) in [5.41, 5.74) is 5.70. The number of aryl methyl sites for hydroxylation is 1. The first-order chi connectivity index (χ1) is 12.5. The van der Waals surface area contributed by atoms with E-state index < -0.39 is 21.7 Å². The topological polar surface area (TPSA) is 116 Å². The lowest BCUT2D eigenvalue weighted by atomic mass is 10.2. The minimum atomic E-state index is -3.56. The molecule has 0 fully saturated rings. The number of hydrogen-bond acceptors (Lipinski definition) is 6. The Labute approximate surface area is 167 Å². The van der Waals surface area contributed by atoms with Crippen LogP contribution in [0.15, 0.2) is 39.8 Å². The minimum Gasteiger partial charge on any atom is -0.443 e. The number of nitrogens with one attached hydrogen (secondary N) is 1. The third-order valence-electron chi connectivity index (χ3n) is 3.40. The van der Waals surface area contributed by atoms with Gasteiger partial charge in [0.05, 0.1) is 10.6 Å². The molecule has 10 heteroatoms. The fourth-order valence-corrected chi connectivity index (χ4v) is 3.53. The molecular weight excluding hydrogens is 436 g/mol. The van der Waals surface area contributed by atoms with E-state index in [9.17, 15) is 13.2 Å². The number of sulfonamides is 1. The van der Waals surface area contributed by atoms with E-state index in [1.807, 2.05) is 0 Å². The van der Waals surface area contributed by atoms with Crippen molar-refractivity contribution in [3.8, 4) is 0 Å². The second-order valence-corrected chi connectivity index (χ2v) is 9.58. The summed E-state index contributed by atoms with van der Waals surface area (Å²) in [7, 11) is -3.56. The number of ether oxygens (including phenoxy) is 1. The normalized spacial score (nSPS) is 12.1. The zero-order chi connectivity index (χ0) is 20.2. The highest BCUT2D eigenvalue weighted by Gasteiger charge is 2.20. The van der Waals surface area contributed by atoms with Gasteiger partial charge in [0.2, 0.25) is 16.0 Å². The first-order valence-electron chi connectivity index (χ1n) is 8.30. The van der Waals surface area contributed by atoms with E-state index >= 15 is 0 Å². The maximum atomic E-state index is 12.2. The van der Waals surface area contributed by atoms with Crippen LogP contribution in [-0.4, -0.2) is 36.2 Å². The lowest BCUT2D eigenvalue weighted by molar-refractivity contribution is 0.0540. The molecule has 1 heterocycles. The zero-order valence-corrected chi connectivity index (χ0v) is 17.8. The van der Waals surface area contributed by atoms with Crippen LogP contribution in [0.5, 0.6) is 0 Å². The number of nitrogen functional groups attached to an aromatic ring is 1. The third-order valence-corrected chi connectivity index (χ3v) is 5.40. The molecule has 148 valence electrons. The first-order valence-corrected chi connectivity index (χ1v) is 10.6. The van der Waals surface area contributed by atoms with E-state index in [2.05, 4.69) is 25.6 Å². The van der Waals surface area contributed by atoms with Gasteiger partial charge in [-0.25, -0.2) is 27.5 Å². The predicted molar refractivity (Wildman–Crippen MR) is 106 cm³/mol. The number of carbonyl (C=O) groups excluding carboxylic acids is 1. The van der Waals surface area contributed by atoms with Gasteiger partial charge in [0, 0.05) is 17.2 Å². The van der Waals surface area contributed by atoms with Crippen molar-refractivity contribution < 1.29 is 17.9 Å². The summed E-state index contributed by atoms with van der Waals surface area (Å²) in [6, 6.07) is 6.38. The lowest BCUT2D eigenvalue weighted by Crippen LogP contribution is -2.27. The zero-order valence-electron chi connectivity index (χ0n) is 15.4. The Kier molecular flexibility index (Phi) is 6.66. The standard InChI is InChI=1S/C17H23BrN4O4S/c1-17(2,3)26-16(23)22-11-13(21-15(22)19)5-4-10-20-27(24,25)14-8-6-12(18)7-9-14/h6-9,11,20H,4-5,10H2,1-3H3,(H2,19,21). The number of hydrogen-bond donors (Lipinski definition) is 2. The molecule has 27 heavy (non-hydrogen) atoms. The van der Waals surface area contributed by atoms with Crippen LogP contribution in [0.2, 0.25) is 0 Å². The molecule has 0 saturated carbocycles. The number of imidazole rings is 1. The van der Waals surface area contributed by atoms with E-state index in [-0.39, 0.29) is 17.4 Å². The molecule has 0 radical (unpaired) electrons. The van der Waals surface area contributed by atoms with Crippen LogP contribution in [0, 0.1) is 0 Å². The summed E-state index contributed by atoms with van der Waals surface area (Å²) >= 11 is 3.27. The lowest BCUT2D eigenvalue weighted by Gasteiger charge is -2.19. The van der Waals surface area contributed by atoms with Crippen molar-refractivity contribution in [3.63, 3.8) is 0 Å². The van der Waals surface area contributed by atoms with Crippen molar-refractivity contribution >= 4 is 38.0 Å². The largest absolute Gasteiger partial charge is 0.443 e. The fourth-order valence-electron chi connectivity index (χ4n) is 2.20. The number of aromatic nitrogens is 2. The van der Waals surface area contributed by atoms with Crippen LogP contribution in [0.1, 0.15) is 32.9 Å². The van der Waals surface area contributed by atoms with E-state index in [0.29, 0.717) is 18.5 Å². The van der Waals surface area contributed by atoms with Gasteiger partial charge >= 0.3 is 6.09 Å². The molecule has 0 aliphatic heterocycles. The molecule has 0 unspecified atom stereocenters. The van der Waals surface area contributed by atoms with E-state index in [0.717, 1.165) is 9.04 Å². The summed E-state index contributed by atoms with van der Waals surface area (Å²) in [6.45, 7) is 5.51. The van der Waals surface area contributed by atoms with Gasteiger partial charge < -0.3 is 10.5 Å². The first kappa shape index (κ1) is 21.4. The number of benzene rings is 1. The van der Waals surface area contributed by atoms with Gasteiger partial charge in [-0.15, -0.1) is 0 Å². The summed E-state index contributed by atoms with van der Waals surface area (Å²) in [4.78, 5) is 16.4. The molecule has 0 aliphatic carbocycles. The van der Waals surface area contributed by atoms with Crippen molar-refractivity contribution in [2.75, 3.05) is 12.3 Å². The SMILES string of the molecule is CC(C)(C)OC(=O)n1cc(CCCNS(=O)(=O)c2ccc(Br)cc2)nc1N. The van der Waals surface area contributed by atoms with Crippen molar-refractivity contribution in [3.05, 3.63) is 40.6 Å². The van der Waals surface area contributed by atoms with Gasteiger partial charge in [0.1, 0.15) is 5.60 Å². The minimum absolute atomic E-state index is 0.0368. The quantitative estimate of drug-likeness (QED) is 0.642. The summed E-state index contributed by atoms with van der Waals surface area (Å²) in [6.07, 6.45) is 1.87. The smallest absolute Gasteiger partial charge is 0.421 e. The molecule has 1 aromatic carbocycles. The van der Waals surface area contributed by atoms with E-state index in [1.54, 1.807) is 32.9 Å². The molecule has 2 aromatic rings. The van der Waals surface area contributed by atoms with Gasteiger partial charge in [0.25, 0.3) is 0 Å². The second kappa shape index (κ2) is 8.41. The molecule has 0 saturated heterocycles. The summed E-state index contributed by atoms with van der Waals surface area (Å²) < 4.78 is 34.2. The molecular formula is C17H23BrN4O4S. The molecule has 1 aromatic heterocycles. The molecule has 2 rings (SSSR count). The number of carbonyl (C=O) groups is 1. The van der Waals surface area contributed by atoms with Gasteiger partial charge in [-0.3, -0.25) is 0 Å². The highest BCUT2D eigenvalue weighted by atomic mass is 79.9. The van der Waals surface area contributed by atoms with Gasteiger partial charge in [0.15, 0.2) is 0 Å². The van der Waals surface area contributed by atoms with E-state index in [4.69, 9.17) is 10.5 Å². The average Bonchev–Trinajstić information content (AvgIpc) is 2.91. The van der Waals surface area contributed by atoms with E-state index in [1.165, 1.54) is 18.3 Å². The molecule has 0 aliphatic rings. The van der Waals surface area contributed by atoms with Crippen molar-refractivity contribution in [2.45, 2.75) is 44.1 Å². The van der Waals surface area contributed by atoms with Crippen LogP contribution in [0.3, 0.4) is 0 Å². The molecule has 3 N–H and O–H groups in total. The summed E-state index contributed by atoms with van der Waals surface area (Å²) in [5.74, 6) is 0.0368. The Bertz CT molecular complexity index is 902. The number of nitrogens with two attached hydrogens (primary N) is 1. The van der Waals surface area contributed by atoms with Crippen molar-refractivity contribution in [1.29, 1.82) is 0 Å². The average molecular weight is 459 g/mol. The van der Waals surface area contributed by atoms with Crippen LogP contribution in [0.25, 0.3) is 0 Å². The van der Waals surface area contributed by atoms with Crippen molar-refractivity contribution in [1.82, 2.24) is 14.3 Å². The van der Waals surface area contributed by atoms with Gasteiger partial charge in [-0.2, -0.15) is 0 Å². The second-order valence-electron chi connectivity index (χ2n) is 6.90. The molecule has 0 amide bonds. The number of anilines is 1. The Morgan fingerprint density at radius 1 is 1.30 bits per heavy atom. The monoisotopic (exact) mass is 458 g/mol. The Hall–Kier alpha value is -1.91. The maximum Gasteiger partial charge on any atom is 0.421 e. The van der Waals surface area contributed by atoms with Crippen LogP contribution < -0.4 is 10.5 Å². The fraction of sp³-hybridized carbons (Fsp3) is 0.412. The molecule has 0 atom stereocenters. The molecule has 0 bridgehead atoms. The predicted octanol–water partition coefficient (Wildman–Crippen LogP) is 2.92. The van der Waals surface area contributed by atoms with Gasteiger partial charge in [-0.1, -0.05) is 15.9 Å². The molecule has 8 nitrogen and oxygen atoms in total. The molecule has 0 spiro atoms. The third kappa shape index (κ3) is 6.33. The van der Waals surface area contributed by atoms with Gasteiger partial charge in [-0.05, 0) is 57.9 Å². The summed E-state index contributed by atoms with van der Waals surface area (Å²) in [5, 5.41) is 0. The number of halogens is 1. The Morgan fingerprint density at radius 3 is 2.52 bits per heavy atom. The number of rotatable bonds is 6. The Balaban J connectivity index is 1.90. The highest BCUT2D eigenvalue weighted by Crippen LogP contribution is 2.15. The van der Waals surface area contributed by atoms with Crippen LogP contribution >= 0.6 is 15.9 Å². The maximum absolute atomic E-state index is 12.2. The van der Waals surface area contributed by atoms with Crippen LogP contribution in [-0.2, 0) is 21.2 Å².